The van der Waals surface area contributed by atoms with Gasteiger partial charge in [-0.05, 0) is 42.7 Å². The van der Waals surface area contributed by atoms with Crippen molar-refractivity contribution >= 4 is 21.6 Å². The number of carbonyl (C=O) groups excluding carboxylic acids is 1. The van der Waals surface area contributed by atoms with Crippen LogP contribution in [0.2, 0.25) is 0 Å². The minimum atomic E-state index is -3.91. The van der Waals surface area contributed by atoms with Crippen molar-refractivity contribution in [3.05, 3.63) is 53.6 Å². The molecule has 144 valence electrons. The van der Waals surface area contributed by atoms with Crippen LogP contribution in [0.4, 0.5) is 5.69 Å². The zero-order chi connectivity index (χ0) is 19.4. The van der Waals surface area contributed by atoms with Gasteiger partial charge in [0.05, 0.1) is 17.6 Å². The van der Waals surface area contributed by atoms with Crippen LogP contribution in [-0.2, 0) is 16.6 Å². The predicted molar refractivity (Wildman–Crippen MR) is 103 cm³/mol. The number of nitrogens with one attached hydrogen (secondary N) is 1. The summed E-state index contributed by atoms with van der Waals surface area (Å²) >= 11 is 0. The Labute approximate surface area is 159 Å². The van der Waals surface area contributed by atoms with E-state index < -0.39 is 15.9 Å². The number of sulfonamides is 1. The summed E-state index contributed by atoms with van der Waals surface area (Å²) in [6, 6.07) is 11.9. The molecule has 2 aromatic rings. The highest BCUT2D eigenvalue weighted by molar-refractivity contribution is 7.89. The molecule has 1 amide bonds. The minimum Gasteiger partial charge on any atom is -0.496 e. The zero-order valence-electron chi connectivity index (χ0n) is 15.1. The van der Waals surface area contributed by atoms with Crippen molar-refractivity contribution in [1.29, 1.82) is 0 Å². The van der Waals surface area contributed by atoms with E-state index in [4.69, 9.17) is 9.88 Å². The third kappa shape index (κ3) is 4.40. The van der Waals surface area contributed by atoms with E-state index in [-0.39, 0.29) is 16.2 Å². The standard InChI is InChI=1S/C19H23N3O4S/c1-26-18-9-8-15(27(20,24)25)12-16(18)19(23)21-13-14-6-2-3-7-17(14)22-10-4-5-11-22/h2-3,6-9,12H,4-5,10-11,13H2,1H3,(H,21,23)(H2,20,24,25). The van der Waals surface area contributed by atoms with Gasteiger partial charge in [0.25, 0.3) is 5.91 Å². The van der Waals surface area contributed by atoms with Crippen molar-refractivity contribution in [2.45, 2.75) is 24.3 Å². The molecule has 3 N–H and O–H groups in total. The molecule has 0 aromatic heterocycles. The fourth-order valence-corrected chi connectivity index (χ4v) is 3.78. The van der Waals surface area contributed by atoms with Crippen LogP contribution in [0.3, 0.4) is 0 Å². The van der Waals surface area contributed by atoms with Gasteiger partial charge in [-0.1, -0.05) is 18.2 Å². The summed E-state index contributed by atoms with van der Waals surface area (Å²) in [5.74, 6) is -0.138. The second kappa shape index (κ2) is 7.98. The molecule has 7 nitrogen and oxygen atoms in total. The monoisotopic (exact) mass is 389 g/mol. The number of nitrogens with zero attached hydrogens (tertiary/aromatic N) is 1. The highest BCUT2D eigenvalue weighted by atomic mass is 32.2. The van der Waals surface area contributed by atoms with Crippen LogP contribution in [0.5, 0.6) is 5.75 Å². The smallest absolute Gasteiger partial charge is 0.255 e. The lowest BCUT2D eigenvalue weighted by atomic mass is 10.1. The molecule has 8 heteroatoms. The van der Waals surface area contributed by atoms with Crippen molar-refractivity contribution in [2.75, 3.05) is 25.1 Å². The van der Waals surface area contributed by atoms with Gasteiger partial charge in [-0.3, -0.25) is 4.79 Å². The molecule has 0 aliphatic carbocycles. The summed E-state index contributed by atoms with van der Waals surface area (Å²) in [6.07, 6.45) is 2.33. The summed E-state index contributed by atoms with van der Waals surface area (Å²) in [5, 5.41) is 8.02. The van der Waals surface area contributed by atoms with Crippen molar-refractivity contribution < 1.29 is 17.9 Å². The maximum atomic E-state index is 12.7. The summed E-state index contributed by atoms with van der Waals surface area (Å²) in [7, 11) is -2.49. The van der Waals surface area contributed by atoms with E-state index in [0.717, 1.165) is 37.2 Å². The first-order valence-corrected chi connectivity index (χ1v) is 10.3. The number of rotatable bonds is 6. The second-order valence-electron chi connectivity index (χ2n) is 6.41. The maximum absolute atomic E-state index is 12.7. The van der Waals surface area contributed by atoms with E-state index >= 15 is 0 Å². The Bertz CT molecular complexity index is 938. The summed E-state index contributed by atoms with van der Waals surface area (Å²) in [4.78, 5) is 14.8. The lowest BCUT2D eigenvalue weighted by molar-refractivity contribution is 0.0947. The average molecular weight is 389 g/mol. The van der Waals surface area contributed by atoms with E-state index in [1.54, 1.807) is 0 Å². The van der Waals surface area contributed by atoms with Gasteiger partial charge < -0.3 is 15.0 Å². The first-order chi connectivity index (χ1) is 12.9. The number of amides is 1. The van der Waals surface area contributed by atoms with E-state index in [9.17, 15) is 13.2 Å². The maximum Gasteiger partial charge on any atom is 0.255 e. The molecule has 27 heavy (non-hydrogen) atoms. The second-order valence-corrected chi connectivity index (χ2v) is 7.97. The quantitative estimate of drug-likeness (QED) is 0.785. The highest BCUT2D eigenvalue weighted by Gasteiger charge is 2.19. The topological polar surface area (TPSA) is 102 Å². The molecule has 1 saturated heterocycles. The molecule has 0 radical (unpaired) electrons. The Morgan fingerprint density at radius 3 is 2.56 bits per heavy atom. The van der Waals surface area contributed by atoms with Gasteiger partial charge in [0.2, 0.25) is 10.0 Å². The Balaban J connectivity index is 1.81. The van der Waals surface area contributed by atoms with Crippen molar-refractivity contribution in [2.24, 2.45) is 5.14 Å². The fraction of sp³-hybridized carbons (Fsp3) is 0.316. The molecule has 1 aliphatic rings. The molecule has 1 fully saturated rings. The van der Waals surface area contributed by atoms with Crippen molar-refractivity contribution in [3.8, 4) is 5.75 Å². The normalized spacial score (nSPS) is 14.2. The molecule has 1 heterocycles. The third-order valence-electron chi connectivity index (χ3n) is 4.62. The van der Waals surface area contributed by atoms with Gasteiger partial charge in [0.1, 0.15) is 5.75 Å². The van der Waals surface area contributed by atoms with Gasteiger partial charge in [-0.25, -0.2) is 13.6 Å². The summed E-state index contributed by atoms with van der Waals surface area (Å²) < 4.78 is 28.3. The molecule has 1 aliphatic heterocycles. The van der Waals surface area contributed by atoms with E-state index in [0.29, 0.717) is 6.54 Å². The molecule has 0 atom stereocenters. The summed E-state index contributed by atoms with van der Waals surface area (Å²) in [5.41, 5.74) is 2.25. The number of carbonyl (C=O) groups is 1. The molecule has 0 unspecified atom stereocenters. The largest absolute Gasteiger partial charge is 0.496 e. The van der Waals surface area contributed by atoms with E-state index in [2.05, 4.69) is 16.3 Å². The SMILES string of the molecule is COc1ccc(S(N)(=O)=O)cc1C(=O)NCc1ccccc1N1CCCC1. The van der Waals surface area contributed by atoms with Gasteiger partial charge in [-0.2, -0.15) is 0 Å². The number of primary sulfonamides is 1. The lowest BCUT2D eigenvalue weighted by Gasteiger charge is -2.21. The Hall–Kier alpha value is -2.58. The van der Waals surface area contributed by atoms with E-state index in [1.807, 2.05) is 18.2 Å². The highest BCUT2D eigenvalue weighted by Crippen LogP contribution is 2.25. The Morgan fingerprint density at radius 2 is 1.89 bits per heavy atom. The number of hydrogen-bond acceptors (Lipinski definition) is 5. The van der Waals surface area contributed by atoms with Crippen LogP contribution >= 0.6 is 0 Å². The van der Waals surface area contributed by atoms with Gasteiger partial charge >= 0.3 is 0 Å². The van der Waals surface area contributed by atoms with Crippen LogP contribution in [0.15, 0.2) is 47.4 Å². The number of methoxy groups -OCH3 is 1. The van der Waals surface area contributed by atoms with Crippen molar-refractivity contribution in [1.82, 2.24) is 5.32 Å². The number of ether oxygens (including phenoxy) is 1. The Morgan fingerprint density at radius 1 is 1.19 bits per heavy atom. The van der Waals surface area contributed by atoms with Crippen LogP contribution in [0.25, 0.3) is 0 Å². The molecular weight excluding hydrogens is 366 g/mol. The third-order valence-corrected chi connectivity index (χ3v) is 5.53. The predicted octanol–water partition coefficient (Wildman–Crippen LogP) is 1.87. The van der Waals surface area contributed by atoms with Crippen LogP contribution < -0.4 is 20.1 Å². The number of nitrogens with two attached hydrogens (primary N) is 1. The fourth-order valence-electron chi connectivity index (χ4n) is 3.24. The zero-order valence-corrected chi connectivity index (χ0v) is 16.0. The number of para-hydroxylation sites is 1. The van der Waals surface area contributed by atoms with Crippen LogP contribution in [0, 0.1) is 0 Å². The molecular formula is C19H23N3O4S. The number of hydrogen-bond donors (Lipinski definition) is 2. The van der Waals surface area contributed by atoms with Gasteiger partial charge in [0, 0.05) is 25.3 Å². The lowest BCUT2D eigenvalue weighted by Crippen LogP contribution is -2.26. The molecule has 0 saturated carbocycles. The average Bonchev–Trinajstić information content (AvgIpc) is 3.19. The molecule has 2 aromatic carbocycles. The molecule has 0 spiro atoms. The first kappa shape index (κ1) is 19.2. The van der Waals surface area contributed by atoms with Crippen LogP contribution in [-0.4, -0.2) is 34.5 Å². The van der Waals surface area contributed by atoms with Crippen LogP contribution in [0.1, 0.15) is 28.8 Å². The number of anilines is 1. The number of benzene rings is 2. The minimum absolute atomic E-state index is 0.127. The van der Waals surface area contributed by atoms with Gasteiger partial charge in [0.15, 0.2) is 0 Å². The summed E-state index contributed by atoms with van der Waals surface area (Å²) in [6.45, 7) is 2.35. The molecule has 0 bridgehead atoms. The molecule has 3 rings (SSSR count). The Kier molecular flexibility index (Phi) is 5.67. The van der Waals surface area contributed by atoms with E-state index in [1.165, 1.54) is 25.3 Å². The van der Waals surface area contributed by atoms with Crippen molar-refractivity contribution in [3.63, 3.8) is 0 Å². The van der Waals surface area contributed by atoms with Gasteiger partial charge in [-0.15, -0.1) is 0 Å². The first-order valence-electron chi connectivity index (χ1n) is 8.72.